The third-order valence-corrected chi connectivity index (χ3v) is 8.40. The highest BCUT2D eigenvalue weighted by atomic mass is 32.2. The largest absolute Gasteiger partial charge is 0.368 e. The lowest BCUT2D eigenvalue weighted by Gasteiger charge is -2.41. The van der Waals surface area contributed by atoms with Crippen LogP contribution < -0.4 is 14.5 Å². The van der Waals surface area contributed by atoms with E-state index in [2.05, 4.69) is 19.5 Å². The van der Waals surface area contributed by atoms with Crippen molar-refractivity contribution in [2.45, 2.75) is 30.7 Å². The molecule has 1 N–H and O–H groups in total. The molecule has 3 heterocycles. The first-order valence-electron chi connectivity index (χ1n) is 12.4. The number of hydrogen-bond acceptors (Lipinski definition) is 6. The van der Waals surface area contributed by atoms with E-state index in [-0.39, 0.29) is 31.3 Å². The minimum absolute atomic E-state index is 0. The average molecular weight is 528 g/mol. The Kier molecular flexibility index (Phi) is 7.01. The fraction of sp³-hybridized carbons (Fsp3) is 0.333. The Morgan fingerprint density at radius 3 is 2.49 bits per heavy atom. The van der Waals surface area contributed by atoms with E-state index < -0.39 is 10.0 Å². The highest BCUT2D eigenvalue weighted by molar-refractivity contribution is 7.92. The number of nitrogens with one attached hydrogen (secondary N) is 1. The second-order valence-electron chi connectivity index (χ2n) is 9.37. The van der Waals surface area contributed by atoms with E-state index in [0.29, 0.717) is 26.2 Å². The maximum Gasteiger partial charge on any atom is 0.263 e. The van der Waals surface area contributed by atoms with Crippen LogP contribution in [0.3, 0.4) is 0 Å². The molecule has 8 nitrogen and oxygen atoms in total. The van der Waals surface area contributed by atoms with Gasteiger partial charge in [0.15, 0.2) is 0 Å². The summed E-state index contributed by atoms with van der Waals surface area (Å²) in [6.45, 7) is 5.15. The first-order chi connectivity index (χ1) is 17.8. The Hall–Kier alpha value is -3.66. The molecule has 2 aromatic carbocycles. The molecule has 0 unspecified atom stereocenters. The van der Waals surface area contributed by atoms with Crippen LogP contribution in [-0.2, 0) is 21.2 Å². The molecule has 37 heavy (non-hydrogen) atoms. The zero-order valence-electron chi connectivity index (χ0n) is 20.7. The molecule has 0 spiro atoms. The lowest BCUT2D eigenvalue weighted by Crippen LogP contribution is -2.55. The molecule has 2 aliphatic rings. The molecular formula is C27H34FN5O3S. The van der Waals surface area contributed by atoms with Crippen LogP contribution in [-0.4, -0.2) is 63.0 Å². The summed E-state index contributed by atoms with van der Waals surface area (Å²) in [5.41, 5.74) is 2.81. The number of nitrogens with zero attached hydrogens (tertiary/aromatic N) is 4. The number of fused-ring (bicyclic) bond motifs is 1. The third-order valence-electron chi connectivity index (χ3n) is 7.03. The summed E-state index contributed by atoms with van der Waals surface area (Å²) >= 11 is 0. The molecule has 3 aromatic rings. The molecule has 1 aromatic heterocycles. The molecule has 0 aliphatic carbocycles. The second-order valence-corrected chi connectivity index (χ2v) is 11.1. The van der Waals surface area contributed by atoms with Crippen LogP contribution in [0.5, 0.6) is 0 Å². The lowest BCUT2D eigenvalue weighted by atomic mass is 9.99. The van der Waals surface area contributed by atoms with Crippen LogP contribution in [0.2, 0.25) is 0 Å². The zero-order valence-corrected chi connectivity index (χ0v) is 21.5. The van der Waals surface area contributed by atoms with Gasteiger partial charge < -0.3 is 14.7 Å². The number of carbonyl (C=O) groups is 1. The van der Waals surface area contributed by atoms with Gasteiger partial charge in [0, 0.05) is 53.1 Å². The summed E-state index contributed by atoms with van der Waals surface area (Å²) in [5.74, 6) is 0.0893. The fourth-order valence-corrected chi connectivity index (χ4v) is 6.04. The van der Waals surface area contributed by atoms with Crippen molar-refractivity contribution in [3.8, 4) is 0 Å². The predicted molar refractivity (Wildman–Crippen MR) is 146 cm³/mol. The van der Waals surface area contributed by atoms with Gasteiger partial charge in [0.25, 0.3) is 10.0 Å². The van der Waals surface area contributed by atoms with Gasteiger partial charge in [-0.2, -0.15) is 0 Å². The molecule has 1 atom stereocenters. The number of piperazine rings is 1. The zero-order chi connectivity index (χ0) is 26.0. The topological polar surface area (TPSA) is 85.8 Å². The van der Waals surface area contributed by atoms with Gasteiger partial charge in [-0.05, 0) is 79.9 Å². The molecule has 10 heteroatoms. The van der Waals surface area contributed by atoms with Gasteiger partial charge in [-0.15, -0.1) is 0 Å². The van der Waals surface area contributed by atoms with E-state index in [4.69, 9.17) is 0 Å². The Bertz CT molecular complexity index is 1370. The summed E-state index contributed by atoms with van der Waals surface area (Å²) < 4.78 is 41.5. The van der Waals surface area contributed by atoms with E-state index in [1.807, 2.05) is 11.8 Å². The van der Waals surface area contributed by atoms with Crippen LogP contribution in [0.15, 0.2) is 71.8 Å². The standard InChI is InChI=1S/C27H30FN5O3S.2H2/c1-20(33-14-4-5-21-19-22(28)7-12-25(21)33)27(34)32-17-15-31(16-18-32)23-8-10-24(11-9-23)37(35,36)30-26-6-2-3-13-29-26;;/h2-3,6-13,19-20H,4-5,14-18H2,1H3,(H,29,30);2*1H/t20-;;/m1../s1. The van der Waals surface area contributed by atoms with Crippen molar-refractivity contribution in [3.05, 3.63) is 78.2 Å². The van der Waals surface area contributed by atoms with Crippen LogP contribution in [0.4, 0.5) is 21.6 Å². The van der Waals surface area contributed by atoms with E-state index in [1.165, 1.54) is 12.3 Å². The number of benzene rings is 2. The minimum Gasteiger partial charge on any atom is -0.368 e. The van der Waals surface area contributed by atoms with Crippen molar-refractivity contribution < 1.29 is 20.5 Å². The predicted octanol–water partition coefficient (Wildman–Crippen LogP) is 4.00. The normalized spacial score (nSPS) is 16.8. The van der Waals surface area contributed by atoms with Gasteiger partial charge in [0.1, 0.15) is 17.7 Å². The molecule has 1 fully saturated rings. The monoisotopic (exact) mass is 527 g/mol. The van der Waals surface area contributed by atoms with E-state index in [0.717, 1.165) is 36.3 Å². The number of hydrogen-bond donors (Lipinski definition) is 1. The van der Waals surface area contributed by atoms with Crippen LogP contribution in [0.1, 0.15) is 21.8 Å². The van der Waals surface area contributed by atoms with Crippen LogP contribution in [0, 0.1) is 5.82 Å². The number of aryl methyl sites for hydroxylation is 1. The van der Waals surface area contributed by atoms with Crippen molar-refractivity contribution in [2.75, 3.05) is 47.2 Å². The molecule has 0 bridgehead atoms. The smallest absolute Gasteiger partial charge is 0.263 e. The van der Waals surface area contributed by atoms with Gasteiger partial charge in [-0.1, -0.05) is 6.07 Å². The van der Waals surface area contributed by atoms with Gasteiger partial charge >= 0.3 is 0 Å². The number of pyridine rings is 1. The molecule has 1 amide bonds. The highest BCUT2D eigenvalue weighted by Crippen LogP contribution is 2.30. The summed E-state index contributed by atoms with van der Waals surface area (Å²) in [7, 11) is -3.73. The van der Waals surface area contributed by atoms with Gasteiger partial charge in [-0.3, -0.25) is 9.52 Å². The molecular weight excluding hydrogens is 493 g/mol. The van der Waals surface area contributed by atoms with Crippen LogP contribution in [0.25, 0.3) is 0 Å². The Balaban J connectivity index is 0.00000210. The Morgan fingerprint density at radius 1 is 1.03 bits per heavy atom. The van der Waals surface area contributed by atoms with Gasteiger partial charge in [0.2, 0.25) is 5.91 Å². The Labute approximate surface area is 219 Å². The summed E-state index contributed by atoms with van der Waals surface area (Å²) in [6, 6.07) is 16.2. The van der Waals surface area contributed by atoms with Gasteiger partial charge in [0.05, 0.1) is 4.90 Å². The number of carbonyl (C=O) groups excluding carboxylic acids is 1. The second kappa shape index (κ2) is 10.4. The number of anilines is 3. The Morgan fingerprint density at radius 2 is 1.78 bits per heavy atom. The van der Waals surface area contributed by atoms with Gasteiger partial charge in [-0.25, -0.2) is 17.8 Å². The first-order valence-corrected chi connectivity index (χ1v) is 13.9. The van der Waals surface area contributed by atoms with Crippen molar-refractivity contribution >= 4 is 33.1 Å². The number of aromatic nitrogens is 1. The maximum absolute atomic E-state index is 13.7. The van der Waals surface area contributed by atoms with Crippen molar-refractivity contribution in [1.82, 2.24) is 9.88 Å². The highest BCUT2D eigenvalue weighted by Gasteiger charge is 2.31. The number of amides is 1. The minimum atomic E-state index is -3.73. The molecule has 2 aliphatic heterocycles. The summed E-state index contributed by atoms with van der Waals surface area (Å²) in [4.78, 5) is 23.6. The fourth-order valence-electron chi connectivity index (χ4n) is 5.04. The average Bonchev–Trinajstić information content (AvgIpc) is 2.92. The van der Waals surface area contributed by atoms with E-state index >= 15 is 0 Å². The van der Waals surface area contributed by atoms with Crippen molar-refractivity contribution in [1.29, 1.82) is 0 Å². The third kappa shape index (κ3) is 5.39. The van der Waals surface area contributed by atoms with Crippen LogP contribution >= 0.6 is 0 Å². The quantitative estimate of drug-likeness (QED) is 0.522. The molecule has 198 valence electrons. The maximum atomic E-state index is 13.7. The van der Waals surface area contributed by atoms with Crippen molar-refractivity contribution in [2.24, 2.45) is 0 Å². The number of sulfonamides is 1. The van der Waals surface area contributed by atoms with Crippen molar-refractivity contribution in [3.63, 3.8) is 0 Å². The van der Waals surface area contributed by atoms with E-state index in [1.54, 1.807) is 54.6 Å². The molecule has 0 saturated carbocycles. The SMILES string of the molecule is C[C@H](C(=O)N1CCN(c2ccc(S(=O)(=O)Nc3ccccn3)cc2)CC1)N1CCCc2cc(F)ccc21.[HH].[HH]. The first kappa shape index (κ1) is 25.0. The number of halogens is 1. The van der Waals surface area contributed by atoms with E-state index in [9.17, 15) is 17.6 Å². The molecule has 1 saturated heterocycles. The lowest BCUT2D eigenvalue weighted by molar-refractivity contribution is -0.132. The molecule has 5 rings (SSSR count). The molecule has 0 radical (unpaired) electrons. The summed E-state index contributed by atoms with van der Waals surface area (Å²) in [6.07, 6.45) is 3.24. The number of rotatable bonds is 6. The summed E-state index contributed by atoms with van der Waals surface area (Å²) in [5, 5.41) is 0.